The fourth-order valence-corrected chi connectivity index (χ4v) is 7.81. The predicted molar refractivity (Wildman–Crippen MR) is 153 cm³/mol. The van der Waals surface area contributed by atoms with Crippen molar-refractivity contribution in [1.29, 1.82) is 0 Å². The van der Waals surface area contributed by atoms with Gasteiger partial charge in [-0.3, -0.25) is 0 Å². The Balaban J connectivity index is 1.24. The summed E-state index contributed by atoms with van der Waals surface area (Å²) in [6, 6.07) is 21.6. The van der Waals surface area contributed by atoms with Gasteiger partial charge in [-0.2, -0.15) is 4.31 Å². The Labute approximate surface area is 234 Å². The molecule has 0 bridgehead atoms. The van der Waals surface area contributed by atoms with Gasteiger partial charge in [0.1, 0.15) is 23.7 Å². The Bertz CT molecular complexity index is 1610. The van der Waals surface area contributed by atoms with E-state index >= 15 is 0 Å². The number of hydrogen-bond donors (Lipinski definition) is 1. The first-order valence-corrected chi connectivity index (χ1v) is 15.4. The first-order chi connectivity index (χ1) is 19.4. The van der Waals surface area contributed by atoms with Crippen LogP contribution < -0.4 is 4.74 Å². The highest BCUT2D eigenvalue weighted by molar-refractivity contribution is 7.89. The van der Waals surface area contributed by atoms with Crippen molar-refractivity contribution in [3.05, 3.63) is 78.4 Å². The summed E-state index contributed by atoms with van der Waals surface area (Å²) in [5, 5.41) is 9.78. The number of rotatable bonds is 8. The molecule has 0 amide bonds. The van der Waals surface area contributed by atoms with Crippen LogP contribution in [0.5, 0.6) is 5.75 Å². The van der Waals surface area contributed by atoms with Crippen LogP contribution in [0, 0.1) is 0 Å². The average molecular weight is 560 g/mol. The van der Waals surface area contributed by atoms with Gasteiger partial charge in [-0.25, -0.2) is 18.2 Å². The maximum absolute atomic E-state index is 13.2. The third-order valence-corrected chi connectivity index (χ3v) is 10.1. The van der Waals surface area contributed by atoms with Crippen molar-refractivity contribution in [2.45, 2.75) is 61.9 Å². The summed E-state index contributed by atoms with van der Waals surface area (Å²) in [6.07, 6.45) is 7.15. The van der Waals surface area contributed by atoms with Crippen molar-refractivity contribution >= 4 is 27.0 Å². The maximum atomic E-state index is 13.2. The van der Waals surface area contributed by atoms with E-state index in [-0.39, 0.29) is 24.3 Å². The normalized spacial score (nSPS) is 18.8. The van der Waals surface area contributed by atoms with Crippen molar-refractivity contribution < 1.29 is 23.1 Å². The van der Waals surface area contributed by atoms with Gasteiger partial charge in [-0.05, 0) is 74.2 Å². The van der Waals surface area contributed by atoms with Crippen molar-refractivity contribution in [3.8, 4) is 17.1 Å². The third-order valence-electron chi connectivity index (χ3n) is 8.12. The number of imidazole rings is 1. The molecule has 40 heavy (non-hydrogen) atoms. The second-order valence-corrected chi connectivity index (χ2v) is 12.5. The molecule has 1 saturated carbocycles. The van der Waals surface area contributed by atoms with Crippen LogP contribution >= 0.6 is 0 Å². The van der Waals surface area contributed by atoms with Crippen molar-refractivity contribution in [2.24, 2.45) is 0 Å². The van der Waals surface area contributed by atoms with Gasteiger partial charge in [0.25, 0.3) is 0 Å². The van der Waals surface area contributed by atoms with Crippen LogP contribution in [0.15, 0.2) is 77.7 Å². The van der Waals surface area contributed by atoms with Crippen LogP contribution in [0.1, 0.15) is 61.3 Å². The van der Waals surface area contributed by atoms with E-state index in [4.69, 9.17) is 9.72 Å². The first-order valence-electron chi connectivity index (χ1n) is 14.0. The van der Waals surface area contributed by atoms with Crippen LogP contribution in [0.3, 0.4) is 0 Å². The largest absolute Gasteiger partial charge is 0.492 e. The van der Waals surface area contributed by atoms with Crippen LogP contribution in [0.2, 0.25) is 0 Å². The number of carboxylic acids is 1. The molecule has 1 aliphatic carbocycles. The zero-order chi connectivity index (χ0) is 27.7. The summed E-state index contributed by atoms with van der Waals surface area (Å²) < 4.78 is 36.2. The number of aromatic nitrogens is 2. The van der Waals surface area contributed by atoms with E-state index in [2.05, 4.69) is 4.57 Å². The summed E-state index contributed by atoms with van der Waals surface area (Å²) in [5.41, 5.74) is 2.46. The molecule has 1 saturated heterocycles. The number of carboxylic acid groups (broad SMARTS) is 1. The van der Waals surface area contributed by atoms with Crippen molar-refractivity contribution in [2.75, 3.05) is 13.2 Å². The van der Waals surface area contributed by atoms with E-state index in [9.17, 15) is 18.3 Å². The summed E-state index contributed by atoms with van der Waals surface area (Å²) in [6.45, 7) is 0.758. The standard InChI is InChI=1S/C31H33N3O5S/c35-31(36)27-14-7-15-28-29(27)32-30(34(28)23-9-3-1-4-10-23)22-16-18-25(19-17-22)39-21-24-11-8-20-33(24)40(37,38)26-12-5-2-6-13-26/h2,5-7,12-19,23-24H,1,3-4,8-11,20-21H2,(H,35,36)/t24-/m0/s1. The van der Waals surface area contributed by atoms with E-state index in [0.29, 0.717) is 22.7 Å². The van der Waals surface area contributed by atoms with Crippen LogP contribution in [-0.4, -0.2) is 52.5 Å². The van der Waals surface area contributed by atoms with Gasteiger partial charge in [0.05, 0.1) is 22.0 Å². The number of para-hydroxylation sites is 1. The minimum absolute atomic E-state index is 0.208. The number of ether oxygens (including phenoxy) is 1. The lowest BCUT2D eigenvalue weighted by molar-refractivity contribution is 0.0699. The highest BCUT2D eigenvalue weighted by Gasteiger charge is 2.35. The lowest BCUT2D eigenvalue weighted by atomic mass is 9.94. The Morgan fingerprint density at radius 2 is 1.65 bits per heavy atom. The molecule has 1 aromatic heterocycles. The molecule has 1 aliphatic heterocycles. The molecule has 9 heteroatoms. The molecule has 0 radical (unpaired) electrons. The van der Waals surface area contributed by atoms with Crippen molar-refractivity contribution in [3.63, 3.8) is 0 Å². The number of carbonyl (C=O) groups is 1. The number of nitrogens with zero attached hydrogens (tertiary/aromatic N) is 3. The first kappa shape index (κ1) is 26.5. The van der Waals surface area contributed by atoms with Crippen molar-refractivity contribution in [1.82, 2.24) is 13.9 Å². The summed E-state index contributed by atoms with van der Waals surface area (Å²) in [5.74, 6) is 0.432. The molecular formula is C31H33N3O5S. The zero-order valence-corrected chi connectivity index (χ0v) is 23.1. The van der Waals surface area contributed by atoms with Gasteiger partial charge in [-0.15, -0.1) is 0 Å². The molecule has 208 valence electrons. The van der Waals surface area contributed by atoms with E-state index in [1.165, 1.54) is 6.42 Å². The molecule has 2 heterocycles. The average Bonchev–Trinajstić information content (AvgIpc) is 3.63. The van der Waals surface area contributed by atoms with Crippen LogP contribution in [0.25, 0.3) is 22.4 Å². The van der Waals surface area contributed by atoms with E-state index in [0.717, 1.165) is 55.4 Å². The van der Waals surface area contributed by atoms with E-state index in [1.807, 2.05) is 36.4 Å². The SMILES string of the molecule is O=C(O)c1cccc2c1nc(-c1ccc(OC[C@@H]3CCCN3S(=O)(=O)c3ccccc3)cc1)n2C1CCCCC1. The number of sulfonamides is 1. The van der Waals surface area contributed by atoms with Gasteiger partial charge < -0.3 is 14.4 Å². The van der Waals surface area contributed by atoms with Crippen LogP contribution in [0.4, 0.5) is 0 Å². The molecular weight excluding hydrogens is 526 g/mol. The van der Waals surface area contributed by atoms with Gasteiger partial charge >= 0.3 is 5.97 Å². The number of fused-ring (bicyclic) bond motifs is 1. The fourth-order valence-electron chi connectivity index (χ4n) is 6.11. The maximum Gasteiger partial charge on any atom is 0.337 e. The zero-order valence-electron chi connectivity index (χ0n) is 22.3. The minimum atomic E-state index is -3.57. The highest BCUT2D eigenvalue weighted by atomic mass is 32.2. The Morgan fingerprint density at radius 1 is 0.900 bits per heavy atom. The quantitative estimate of drug-likeness (QED) is 0.278. The monoisotopic (exact) mass is 559 g/mol. The highest BCUT2D eigenvalue weighted by Crippen LogP contribution is 2.37. The lowest BCUT2D eigenvalue weighted by Gasteiger charge is -2.26. The smallest absolute Gasteiger partial charge is 0.337 e. The number of hydrogen-bond acceptors (Lipinski definition) is 5. The Hall–Kier alpha value is -3.69. The molecule has 4 aromatic rings. The van der Waals surface area contributed by atoms with Crippen LogP contribution in [-0.2, 0) is 10.0 Å². The number of benzene rings is 3. The topological polar surface area (TPSA) is 102 Å². The molecule has 1 N–H and O–H groups in total. The number of aromatic carboxylic acids is 1. The summed E-state index contributed by atoms with van der Waals surface area (Å²) >= 11 is 0. The molecule has 3 aromatic carbocycles. The summed E-state index contributed by atoms with van der Waals surface area (Å²) in [4.78, 5) is 17.1. The second kappa shape index (κ2) is 11.1. The molecule has 2 fully saturated rings. The fraction of sp³-hybridized carbons (Fsp3) is 0.355. The molecule has 1 atom stereocenters. The lowest BCUT2D eigenvalue weighted by Crippen LogP contribution is -2.39. The minimum Gasteiger partial charge on any atom is -0.492 e. The molecule has 2 aliphatic rings. The molecule has 6 rings (SSSR count). The Kier molecular flexibility index (Phi) is 7.33. The Morgan fingerprint density at radius 3 is 2.38 bits per heavy atom. The van der Waals surface area contributed by atoms with Gasteiger partial charge in [0, 0.05) is 18.2 Å². The van der Waals surface area contributed by atoms with Gasteiger partial charge in [0.15, 0.2) is 0 Å². The van der Waals surface area contributed by atoms with Gasteiger partial charge in [0.2, 0.25) is 10.0 Å². The third kappa shape index (κ3) is 4.99. The summed E-state index contributed by atoms with van der Waals surface area (Å²) in [7, 11) is -3.57. The molecule has 0 spiro atoms. The molecule has 8 nitrogen and oxygen atoms in total. The predicted octanol–water partition coefficient (Wildman–Crippen LogP) is 6.14. The molecule has 0 unspecified atom stereocenters. The van der Waals surface area contributed by atoms with E-state index in [1.54, 1.807) is 40.7 Å². The second-order valence-electron chi connectivity index (χ2n) is 10.6. The van der Waals surface area contributed by atoms with Gasteiger partial charge in [-0.1, -0.05) is 43.5 Å². The van der Waals surface area contributed by atoms with E-state index < -0.39 is 16.0 Å².